The Balaban J connectivity index is 3.30. The SMILES string of the molecule is C=C(C)C(=O)OC(C)(c1ccccc1)S(=O)(=O)O. The largest absolute Gasteiger partial charge is 0.432 e. The summed E-state index contributed by atoms with van der Waals surface area (Å²) in [5.41, 5.74) is 0.197. The molecular formula is C12H14O5S. The van der Waals surface area contributed by atoms with Crippen molar-refractivity contribution < 1.29 is 22.5 Å². The lowest BCUT2D eigenvalue weighted by atomic mass is 10.1. The summed E-state index contributed by atoms with van der Waals surface area (Å²) in [5, 5.41) is 0. The molecule has 0 aliphatic heterocycles. The van der Waals surface area contributed by atoms with Gasteiger partial charge in [-0.05, 0) is 13.8 Å². The second-order valence-corrected chi connectivity index (χ2v) is 5.69. The van der Waals surface area contributed by atoms with E-state index in [0.29, 0.717) is 0 Å². The summed E-state index contributed by atoms with van der Waals surface area (Å²) in [6, 6.07) is 7.72. The van der Waals surface area contributed by atoms with Gasteiger partial charge < -0.3 is 4.74 Å². The van der Waals surface area contributed by atoms with Crippen LogP contribution in [0.15, 0.2) is 42.5 Å². The number of carbonyl (C=O) groups excluding carboxylic acids is 1. The molecule has 0 saturated carbocycles. The maximum absolute atomic E-state index is 11.5. The molecule has 0 fully saturated rings. The number of rotatable bonds is 4. The number of esters is 1. The molecule has 0 radical (unpaired) electrons. The predicted octanol–water partition coefficient (Wildman–Crippen LogP) is 1.87. The van der Waals surface area contributed by atoms with Gasteiger partial charge in [0.15, 0.2) is 0 Å². The second-order valence-electron chi connectivity index (χ2n) is 3.96. The van der Waals surface area contributed by atoms with Crippen LogP contribution in [-0.2, 0) is 24.6 Å². The lowest BCUT2D eigenvalue weighted by Crippen LogP contribution is -2.37. The summed E-state index contributed by atoms with van der Waals surface area (Å²) >= 11 is 0. The summed E-state index contributed by atoms with van der Waals surface area (Å²) in [6.45, 7) is 5.86. The predicted molar refractivity (Wildman–Crippen MR) is 66.2 cm³/mol. The number of benzene rings is 1. The average Bonchev–Trinajstić information content (AvgIpc) is 2.28. The van der Waals surface area contributed by atoms with E-state index in [0.717, 1.165) is 6.92 Å². The molecule has 1 unspecified atom stereocenters. The van der Waals surface area contributed by atoms with E-state index >= 15 is 0 Å². The van der Waals surface area contributed by atoms with E-state index in [9.17, 15) is 17.8 Å². The molecule has 1 N–H and O–H groups in total. The molecule has 5 nitrogen and oxygen atoms in total. The fraction of sp³-hybridized carbons (Fsp3) is 0.250. The Hall–Kier alpha value is -1.66. The minimum Gasteiger partial charge on any atom is -0.432 e. The van der Waals surface area contributed by atoms with Crippen LogP contribution in [0.25, 0.3) is 0 Å². The third kappa shape index (κ3) is 2.77. The first kappa shape index (κ1) is 14.4. The Bertz CT molecular complexity index is 561. The minimum atomic E-state index is -4.63. The zero-order chi connectivity index (χ0) is 14.0. The van der Waals surface area contributed by atoms with Crippen LogP contribution < -0.4 is 0 Å². The van der Waals surface area contributed by atoms with Gasteiger partial charge in [-0.25, -0.2) is 4.79 Å². The quantitative estimate of drug-likeness (QED) is 0.513. The number of ether oxygens (including phenoxy) is 1. The van der Waals surface area contributed by atoms with Crippen LogP contribution in [0.3, 0.4) is 0 Å². The van der Waals surface area contributed by atoms with Crippen molar-refractivity contribution >= 4 is 16.1 Å². The molecule has 0 amide bonds. The topological polar surface area (TPSA) is 80.7 Å². The van der Waals surface area contributed by atoms with E-state index in [-0.39, 0.29) is 11.1 Å². The van der Waals surface area contributed by atoms with Crippen LogP contribution in [0.2, 0.25) is 0 Å². The summed E-state index contributed by atoms with van der Waals surface area (Å²) in [5.74, 6) is -0.890. The van der Waals surface area contributed by atoms with Gasteiger partial charge in [0.25, 0.3) is 4.93 Å². The van der Waals surface area contributed by atoms with Crippen molar-refractivity contribution in [3.05, 3.63) is 48.0 Å². The summed E-state index contributed by atoms with van der Waals surface area (Å²) in [7, 11) is -4.63. The molecule has 1 aromatic rings. The standard InChI is InChI=1S/C12H14O5S/c1-9(2)11(13)17-12(3,18(14,15)16)10-7-5-4-6-8-10/h4-8H,1H2,2-3H3,(H,14,15,16). The van der Waals surface area contributed by atoms with E-state index in [4.69, 9.17) is 4.74 Å². The molecular weight excluding hydrogens is 256 g/mol. The molecule has 18 heavy (non-hydrogen) atoms. The Labute approximate surface area is 106 Å². The van der Waals surface area contributed by atoms with Crippen molar-refractivity contribution in [2.75, 3.05) is 0 Å². The maximum atomic E-state index is 11.5. The van der Waals surface area contributed by atoms with Crippen molar-refractivity contribution in [1.29, 1.82) is 0 Å². The van der Waals surface area contributed by atoms with E-state index in [1.165, 1.54) is 19.1 Å². The molecule has 98 valence electrons. The lowest BCUT2D eigenvalue weighted by Gasteiger charge is -2.26. The molecule has 1 aromatic carbocycles. The lowest BCUT2D eigenvalue weighted by molar-refractivity contribution is -0.147. The van der Waals surface area contributed by atoms with Crippen LogP contribution in [-0.4, -0.2) is 18.9 Å². The summed E-state index contributed by atoms with van der Waals surface area (Å²) in [6.07, 6.45) is 0. The van der Waals surface area contributed by atoms with Gasteiger partial charge in [0.1, 0.15) is 0 Å². The highest BCUT2D eigenvalue weighted by Gasteiger charge is 2.44. The van der Waals surface area contributed by atoms with Gasteiger partial charge >= 0.3 is 16.1 Å². The van der Waals surface area contributed by atoms with Crippen molar-refractivity contribution in [3.63, 3.8) is 0 Å². The van der Waals surface area contributed by atoms with Gasteiger partial charge in [0.2, 0.25) is 0 Å². The van der Waals surface area contributed by atoms with Gasteiger partial charge in [-0.1, -0.05) is 36.9 Å². The number of hydrogen-bond acceptors (Lipinski definition) is 4. The molecule has 0 spiro atoms. The van der Waals surface area contributed by atoms with Gasteiger partial charge in [-0.3, -0.25) is 4.55 Å². The van der Waals surface area contributed by atoms with E-state index in [1.807, 2.05) is 0 Å². The first-order valence-corrected chi connectivity index (χ1v) is 6.54. The van der Waals surface area contributed by atoms with Gasteiger partial charge in [0, 0.05) is 11.1 Å². The monoisotopic (exact) mass is 270 g/mol. The van der Waals surface area contributed by atoms with Crippen LogP contribution in [0.4, 0.5) is 0 Å². The zero-order valence-electron chi connectivity index (χ0n) is 10.1. The van der Waals surface area contributed by atoms with Gasteiger partial charge in [-0.2, -0.15) is 8.42 Å². The van der Waals surface area contributed by atoms with Gasteiger partial charge in [-0.15, -0.1) is 0 Å². The summed E-state index contributed by atoms with van der Waals surface area (Å²) in [4.78, 5) is 9.33. The molecule has 1 rings (SSSR count). The molecule has 0 bridgehead atoms. The van der Waals surface area contributed by atoms with Crippen molar-refractivity contribution in [1.82, 2.24) is 0 Å². The highest BCUT2D eigenvalue weighted by atomic mass is 32.2. The van der Waals surface area contributed by atoms with Crippen LogP contribution in [0, 0.1) is 0 Å². The van der Waals surface area contributed by atoms with Crippen molar-refractivity contribution in [3.8, 4) is 0 Å². The maximum Gasteiger partial charge on any atom is 0.335 e. The van der Waals surface area contributed by atoms with Crippen LogP contribution >= 0.6 is 0 Å². The highest BCUT2D eigenvalue weighted by Crippen LogP contribution is 2.31. The van der Waals surface area contributed by atoms with E-state index in [2.05, 4.69) is 6.58 Å². The minimum absolute atomic E-state index is 0.0424. The second kappa shape index (κ2) is 4.91. The first-order chi connectivity index (χ1) is 8.18. The van der Waals surface area contributed by atoms with E-state index in [1.54, 1.807) is 18.2 Å². The average molecular weight is 270 g/mol. The molecule has 0 aliphatic rings. The molecule has 1 atom stereocenters. The number of hydrogen-bond donors (Lipinski definition) is 1. The fourth-order valence-corrected chi connectivity index (χ4v) is 1.88. The molecule has 0 heterocycles. The Morgan fingerprint density at radius 2 is 1.83 bits per heavy atom. The van der Waals surface area contributed by atoms with Crippen molar-refractivity contribution in [2.45, 2.75) is 18.8 Å². The van der Waals surface area contributed by atoms with Gasteiger partial charge in [0.05, 0.1) is 0 Å². The molecule has 0 saturated heterocycles. The Morgan fingerprint density at radius 1 is 1.33 bits per heavy atom. The molecule has 6 heteroatoms. The Morgan fingerprint density at radius 3 is 2.22 bits per heavy atom. The fourth-order valence-electron chi connectivity index (χ4n) is 1.27. The van der Waals surface area contributed by atoms with E-state index < -0.39 is 21.0 Å². The van der Waals surface area contributed by atoms with Crippen LogP contribution in [0.5, 0.6) is 0 Å². The first-order valence-electron chi connectivity index (χ1n) is 5.10. The zero-order valence-corrected chi connectivity index (χ0v) is 10.9. The van der Waals surface area contributed by atoms with Crippen LogP contribution in [0.1, 0.15) is 19.4 Å². The normalized spacial score (nSPS) is 14.6. The molecule has 0 aliphatic carbocycles. The highest BCUT2D eigenvalue weighted by molar-refractivity contribution is 7.86. The third-order valence-corrected chi connectivity index (χ3v) is 3.73. The van der Waals surface area contributed by atoms with Crippen molar-refractivity contribution in [2.24, 2.45) is 0 Å². The Kier molecular flexibility index (Phi) is 3.93. The number of carbonyl (C=O) groups is 1. The summed E-state index contributed by atoms with van der Waals surface area (Å²) < 4.78 is 37.1. The molecule has 0 aromatic heterocycles. The smallest absolute Gasteiger partial charge is 0.335 e. The third-order valence-electron chi connectivity index (χ3n) is 2.43.